The fourth-order valence-electron chi connectivity index (χ4n) is 1.11. The Morgan fingerprint density at radius 3 is 1.21 bits per heavy atom. The molecule has 0 saturated carbocycles. The molecule has 1 rings (SSSR count). The van der Waals surface area contributed by atoms with Gasteiger partial charge in [0.15, 0.2) is 0 Å². The number of halogens is 6. The standard InChI is InChI=1S/C9H6F6.C2H6.C2H4/c1-5-2-6(8(10,11)12)4-7(3-5)9(13,14)15;2*1-2/h2-4H,1H3;1-2H3;1-2H2. The van der Waals surface area contributed by atoms with Gasteiger partial charge in [-0.1, -0.05) is 13.8 Å². The minimum atomic E-state index is -4.76. The monoisotopic (exact) mass is 286 g/mol. The maximum absolute atomic E-state index is 12.2. The molecule has 6 heteroatoms. The second-order valence-electron chi connectivity index (χ2n) is 3.08. The van der Waals surface area contributed by atoms with E-state index in [9.17, 15) is 26.3 Å². The normalized spacial score (nSPS) is 10.8. The van der Waals surface area contributed by atoms with Crippen LogP contribution in [0.2, 0.25) is 0 Å². The minimum Gasteiger partial charge on any atom is -0.166 e. The highest BCUT2D eigenvalue weighted by molar-refractivity contribution is 5.32. The van der Waals surface area contributed by atoms with Crippen molar-refractivity contribution in [1.82, 2.24) is 0 Å². The third-order valence-corrected chi connectivity index (χ3v) is 1.73. The molecule has 1 aromatic rings. The largest absolute Gasteiger partial charge is 0.416 e. The van der Waals surface area contributed by atoms with Crippen LogP contribution in [0.25, 0.3) is 0 Å². The van der Waals surface area contributed by atoms with Gasteiger partial charge in [0.05, 0.1) is 11.1 Å². The average molecular weight is 286 g/mol. The molecular formula is C13H16F6. The zero-order chi connectivity index (χ0) is 15.9. The Morgan fingerprint density at radius 1 is 0.737 bits per heavy atom. The van der Waals surface area contributed by atoms with E-state index in [1.165, 1.54) is 6.92 Å². The van der Waals surface area contributed by atoms with Crippen molar-refractivity contribution in [3.63, 3.8) is 0 Å². The number of hydrogen-bond acceptors (Lipinski definition) is 0. The Bertz CT molecular complexity index is 343. The summed E-state index contributed by atoms with van der Waals surface area (Å²) in [5, 5.41) is 0. The maximum Gasteiger partial charge on any atom is 0.416 e. The van der Waals surface area contributed by atoms with Crippen LogP contribution >= 0.6 is 0 Å². The zero-order valence-electron chi connectivity index (χ0n) is 10.9. The molecule has 0 aliphatic heterocycles. The van der Waals surface area contributed by atoms with E-state index < -0.39 is 23.5 Å². The third kappa shape index (κ3) is 6.88. The van der Waals surface area contributed by atoms with Gasteiger partial charge in [0, 0.05) is 0 Å². The van der Waals surface area contributed by atoms with E-state index in [0.717, 1.165) is 0 Å². The molecule has 0 bridgehead atoms. The van der Waals surface area contributed by atoms with Gasteiger partial charge in [-0.05, 0) is 30.7 Å². The first-order valence-corrected chi connectivity index (χ1v) is 5.37. The number of hydrogen-bond donors (Lipinski definition) is 0. The lowest BCUT2D eigenvalue weighted by molar-refractivity contribution is -0.143. The van der Waals surface area contributed by atoms with E-state index in [0.29, 0.717) is 12.1 Å². The van der Waals surface area contributed by atoms with E-state index in [4.69, 9.17) is 0 Å². The second kappa shape index (κ2) is 7.86. The molecule has 0 nitrogen and oxygen atoms in total. The van der Waals surface area contributed by atoms with Crippen LogP contribution in [0.4, 0.5) is 26.3 Å². The van der Waals surface area contributed by atoms with Gasteiger partial charge in [-0.3, -0.25) is 0 Å². The van der Waals surface area contributed by atoms with Crippen LogP contribution in [0.3, 0.4) is 0 Å². The highest BCUT2D eigenvalue weighted by Crippen LogP contribution is 2.35. The molecular weight excluding hydrogens is 270 g/mol. The van der Waals surface area contributed by atoms with Gasteiger partial charge in [0.25, 0.3) is 0 Å². The Balaban J connectivity index is 0. The number of rotatable bonds is 0. The molecule has 0 fully saturated rings. The van der Waals surface area contributed by atoms with Crippen LogP contribution < -0.4 is 0 Å². The van der Waals surface area contributed by atoms with Crippen molar-refractivity contribution < 1.29 is 26.3 Å². The summed E-state index contributed by atoms with van der Waals surface area (Å²) in [5.74, 6) is 0. The van der Waals surface area contributed by atoms with Crippen molar-refractivity contribution in [3.05, 3.63) is 48.0 Å². The Kier molecular flexibility index (Phi) is 8.22. The van der Waals surface area contributed by atoms with Gasteiger partial charge in [-0.2, -0.15) is 26.3 Å². The molecule has 0 spiro atoms. The van der Waals surface area contributed by atoms with E-state index in [-0.39, 0.29) is 11.6 Å². The summed E-state index contributed by atoms with van der Waals surface area (Å²) in [6.07, 6.45) is -9.52. The molecule has 110 valence electrons. The molecule has 0 aliphatic rings. The SMILES string of the molecule is C=C.CC.Cc1cc(C(F)(F)F)cc(C(F)(F)F)c1. The van der Waals surface area contributed by atoms with Gasteiger partial charge in [0.1, 0.15) is 0 Å². The Morgan fingerprint density at radius 2 is 1.00 bits per heavy atom. The smallest absolute Gasteiger partial charge is 0.166 e. The van der Waals surface area contributed by atoms with Crippen LogP contribution in [0.15, 0.2) is 31.4 Å². The first-order chi connectivity index (χ1) is 8.60. The maximum atomic E-state index is 12.2. The number of aryl methyl sites for hydroxylation is 1. The first kappa shape index (κ1) is 19.9. The van der Waals surface area contributed by atoms with Crippen molar-refractivity contribution in [1.29, 1.82) is 0 Å². The van der Waals surface area contributed by atoms with E-state index in [1.54, 1.807) is 0 Å². The summed E-state index contributed by atoms with van der Waals surface area (Å²) in [4.78, 5) is 0. The molecule has 0 N–H and O–H groups in total. The van der Waals surface area contributed by atoms with Crippen molar-refractivity contribution in [2.24, 2.45) is 0 Å². The topological polar surface area (TPSA) is 0 Å². The summed E-state index contributed by atoms with van der Waals surface area (Å²) in [6.45, 7) is 11.2. The molecule has 0 heterocycles. The molecule has 0 unspecified atom stereocenters. The molecule has 0 saturated heterocycles. The predicted molar refractivity (Wildman–Crippen MR) is 63.8 cm³/mol. The zero-order valence-corrected chi connectivity index (χ0v) is 10.9. The number of benzene rings is 1. The molecule has 19 heavy (non-hydrogen) atoms. The summed E-state index contributed by atoms with van der Waals surface area (Å²) < 4.78 is 73.0. The van der Waals surface area contributed by atoms with Crippen LogP contribution in [0.5, 0.6) is 0 Å². The van der Waals surface area contributed by atoms with Gasteiger partial charge in [0.2, 0.25) is 0 Å². The fourth-order valence-corrected chi connectivity index (χ4v) is 1.11. The van der Waals surface area contributed by atoms with Crippen molar-refractivity contribution in [2.75, 3.05) is 0 Å². The lowest BCUT2D eigenvalue weighted by Gasteiger charge is -2.12. The fraction of sp³-hybridized carbons (Fsp3) is 0.385. The van der Waals surface area contributed by atoms with E-state index >= 15 is 0 Å². The predicted octanol–water partition coefficient (Wildman–Crippen LogP) is 5.86. The third-order valence-electron chi connectivity index (χ3n) is 1.73. The van der Waals surface area contributed by atoms with Crippen LogP contribution in [0, 0.1) is 6.92 Å². The van der Waals surface area contributed by atoms with Crippen LogP contribution in [0.1, 0.15) is 30.5 Å². The van der Waals surface area contributed by atoms with Crippen molar-refractivity contribution in [3.8, 4) is 0 Å². The molecule has 0 amide bonds. The first-order valence-electron chi connectivity index (χ1n) is 5.37. The van der Waals surface area contributed by atoms with E-state index in [2.05, 4.69) is 13.2 Å². The molecule has 0 aliphatic carbocycles. The van der Waals surface area contributed by atoms with Gasteiger partial charge in [-0.15, -0.1) is 13.2 Å². The summed E-state index contributed by atoms with van der Waals surface area (Å²) in [7, 11) is 0. The highest BCUT2D eigenvalue weighted by atomic mass is 19.4. The second-order valence-corrected chi connectivity index (χ2v) is 3.08. The quantitative estimate of drug-likeness (QED) is 0.414. The van der Waals surface area contributed by atoms with Gasteiger partial charge in [-0.25, -0.2) is 0 Å². The van der Waals surface area contributed by atoms with Crippen molar-refractivity contribution >= 4 is 0 Å². The van der Waals surface area contributed by atoms with E-state index in [1.807, 2.05) is 13.8 Å². The highest BCUT2D eigenvalue weighted by Gasteiger charge is 2.36. The Hall–Kier alpha value is -1.46. The molecule has 1 aromatic carbocycles. The Labute approximate surface area is 108 Å². The lowest BCUT2D eigenvalue weighted by Crippen LogP contribution is -2.11. The average Bonchev–Trinajstić information content (AvgIpc) is 2.31. The lowest BCUT2D eigenvalue weighted by atomic mass is 10.1. The number of alkyl halides is 6. The van der Waals surface area contributed by atoms with Gasteiger partial charge >= 0.3 is 12.4 Å². The van der Waals surface area contributed by atoms with Crippen LogP contribution in [-0.2, 0) is 12.4 Å². The molecule has 0 radical (unpaired) electrons. The molecule has 0 aromatic heterocycles. The molecule has 0 atom stereocenters. The summed E-state index contributed by atoms with van der Waals surface area (Å²) in [5.41, 5.74) is -2.64. The minimum absolute atomic E-state index is 0.0721. The van der Waals surface area contributed by atoms with Crippen LogP contribution in [-0.4, -0.2) is 0 Å². The van der Waals surface area contributed by atoms with Crippen molar-refractivity contribution in [2.45, 2.75) is 33.1 Å². The summed E-state index contributed by atoms with van der Waals surface area (Å²) >= 11 is 0. The summed E-state index contributed by atoms with van der Waals surface area (Å²) in [6, 6.07) is 1.46. The van der Waals surface area contributed by atoms with Gasteiger partial charge < -0.3 is 0 Å².